The molecule has 118 valence electrons. The molecule has 0 aliphatic heterocycles. The minimum Gasteiger partial charge on any atom is -0.364 e. The molecule has 1 saturated carbocycles. The maximum atomic E-state index is 13.8. The highest BCUT2D eigenvalue weighted by Gasteiger charge is 2.27. The Morgan fingerprint density at radius 1 is 1.26 bits per heavy atom. The van der Waals surface area contributed by atoms with Gasteiger partial charge in [0.05, 0.1) is 23.6 Å². The summed E-state index contributed by atoms with van der Waals surface area (Å²) < 4.78 is 15.8. The number of aryl methyl sites for hydroxylation is 1. The number of alkyl halides is 1. The molecule has 2 atom stereocenters. The van der Waals surface area contributed by atoms with Crippen molar-refractivity contribution in [2.45, 2.75) is 38.4 Å². The zero-order valence-corrected chi connectivity index (χ0v) is 13.0. The molecule has 1 N–H and O–H groups in total. The molecule has 1 aliphatic carbocycles. The van der Waals surface area contributed by atoms with Crippen LogP contribution in [0.5, 0.6) is 0 Å². The molecule has 0 spiro atoms. The van der Waals surface area contributed by atoms with Crippen molar-refractivity contribution in [2.24, 2.45) is 0 Å². The van der Waals surface area contributed by atoms with Gasteiger partial charge in [0.1, 0.15) is 17.6 Å². The highest BCUT2D eigenvalue weighted by atomic mass is 19.1. The third-order valence-corrected chi connectivity index (χ3v) is 4.45. The number of imidazole rings is 1. The van der Waals surface area contributed by atoms with Crippen molar-refractivity contribution in [3.8, 4) is 11.4 Å². The summed E-state index contributed by atoms with van der Waals surface area (Å²) in [6, 6.07) is 9.76. The summed E-state index contributed by atoms with van der Waals surface area (Å²) in [5.74, 6) is 0.721. The predicted molar refractivity (Wildman–Crippen MR) is 89.3 cm³/mol. The molecular formula is C18H19FN4. The van der Waals surface area contributed by atoms with Gasteiger partial charge in [-0.15, -0.1) is 0 Å². The lowest BCUT2D eigenvalue weighted by atomic mass is 10.2. The Labute approximate surface area is 134 Å². The van der Waals surface area contributed by atoms with Gasteiger partial charge in [-0.25, -0.2) is 14.4 Å². The average molecular weight is 310 g/mol. The number of hydrogen-bond donors (Lipinski definition) is 1. The second-order valence-electron chi connectivity index (χ2n) is 6.18. The Bertz CT molecular complexity index is 842. The van der Waals surface area contributed by atoms with Gasteiger partial charge in [-0.2, -0.15) is 0 Å². The Hall–Kier alpha value is -2.43. The van der Waals surface area contributed by atoms with Crippen LogP contribution in [0.15, 0.2) is 42.7 Å². The van der Waals surface area contributed by atoms with Crippen molar-refractivity contribution in [3.05, 3.63) is 48.3 Å². The fraction of sp³-hybridized carbons (Fsp3) is 0.333. The Balaban J connectivity index is 1.67. The van der Waals surface area contributed by atoms with E-state index in [1.807, 2.05) is 54.0 Å². The molecule has 3 aromatic rings. The number of nitrogens with zero attached hydrogens (tertiary/aromatic N) is 3. The highest BCUT2D eigenvalue weighted by molar-refractivity contribution is 5.62. The van der Waals surface area contributed by atoms with Crippen molar-refractivity contribution >= 4 is 11.5 Å². The first-order valence-corrected chi connectivity index (χ1v) is 8.02. The second kappa shape index (κ2) is 5.65. The molecular weight excluding hydrogens is 291 g/mol. The van der Waals surface area contributed by atoms with Crippen LogP contribution in [0, 0.1) is 6.92 Å². The summed E-state index contributed by atoms with van der Waals surface area (Å²) in [6.45, 7) is 2.05. The van der Waals surface area contributed by atoms with E-state index in [-0.39, 0.29) is 6.04 Å². The molecule has 1 aliphatic rings. The Kier molecular flexibility index (Phi) is 3.48. The molecule has 5 heteroatoms. The third kappa shape index (κ3) is 2.67. The van der Waals surface area contributed by atoms with Crippen LogP contribution in [0.1, 0.15) is 24.8 Å². The van der Waals surface area contributed by atoms with Crippen LogP contribution in [0.25, 0.3) is 17.0 Å². The van der Waals surface area contributed by atoms with Gasteiger partial charge in [0, 0.05) is 6.20 Å². The fourth-order valence-electron chi connectivity index (χ4n) is 3.20. The molecule has 4 rings (SSSR count). The standard InChI is InChI=1S/C18H19FN4/c1-12-8-9-23-16(11-20-18(23)10-12)15-6-3-7-17(22-15)21-14-5-2-4-13(14)19/h3,6-11,13-14H,2,4-5H2,1H3,(H,21,22)/t13-,14-/m0/s1. The maximum absolute atomic E-state index is 13.8. The smallest absolute Gasteiger partial charge is 0.137 e. The van der Waals surface area contributed by atoms with E-state index in [9.17, 15) is 4.39 Å². The summed E-state index contributed by atoms with van der Waals surface area (Å²) in [5, 5.41) is 3.23. The van der Waals surface area contributed by atoms with Gasteiger partial charge in [0.2, 0.25) is 0 Å². The minimum atomic E-state index is -0.778. The fourth-order valence-corrected chi connectivity index (χ4v) is 3.20. The molecule has 0 aromatic carbocycles. The first kappa shape index (κ1) is 14.2. The number of hydrogen-bond acceptors (Lipinski definition) is 3. The summed E-state index contributed by atoms with van der Waals surface area (Å²) in [5.41, 5.74) is 3.85. The third-order valence-electron chi connectivity index (χ3n) is 4.45. The zero-order valence-electron chi connectivity index (χ0n) is 13.0. The van der Waals surface area contributed by atoms with Crippen molar-refractivity contribution in [3.63, 3.8) is 0 Å². The van der Waals surface area contributed by atoms with Gasteiger partial charge in [0.25, 0.3) is 0 Å². The zero-order chi connectivity index (χ0) is 15.8. The average Bonchev–Trinajstić information content (AvgIpc) is 3.14. The summed E-state index contributed by atoms with van der Waals surface area (Å²) >= 11 is 0. The number of fused-ring (bicyclic) bond motifs is 1. The first-order valence-electron chi connectivity index (χ1n) is 8.02. The quantitative estimate of drug-likeness (QED) is 0.795. The highest BCUT2D eigenvalue weighted by Crippen LogP contribution is 2.26. The predicted octanol–water partition coefficient (Wildman–Crippen LogP) is 4.01. The van der Waals surface area contributed by atoms with E-state index in [1.54, 1.807) is 0 Å². The van der Waals surface area contributed by atoms with E-state index in [1.165, 1.54) is 5.56 Å². The van der Waals surface area contributed by atoms with Gasteiger partial charge >= 0.3 is 0 Å². The molecule has 3 aromatic heterocycles. The largest absolute Gasteiger partial charge is 0.364 e. The van der Waals surface area contributed by atoms with E-state index in [4.69, 9.17) is 0 Å². The number of halogens is 1. The van der Waals surface area contributed by atoms with Crippen molar-refractivity contribution < 1.29 is 4.39 Å². The van der Waals surface area contributed by atoms with Crippen molar-refractivity contribution in [1.29, 1.82) is 0 Å². The lowest BCUT2D eigenvalue weighted by Gasteiger charge is -2.16. The van der Waals surface area contributed by atoms with Gasteiger partial charge in [-0.3, -0.25) is 4.40 Å². The Morgan fingerprint density at radius 3 is 3.00 bits per heavy atom. The van der Waals surface area contributed by atoms with E-state index in [0.717, 1.165) is 35.7 Å². The lowest BCUT2D eigenvalue weighted by Crippen LogP contribution is -2.25. The maximum Gasteiger partial charge on any atom is 0.137 e. The molecule has 0 bridgehead atoms. The normalized spacial score (nSPS) is 21.0. The molecule has 0 radical (unpaired) electrons. The number of aromatic nitrogens is 3. The molecule has 23 heavy (non-hydrogen) atoms. The van der Waals surface area contributed by atoms with Gasteiger partial charge in [-0.05, 0) is 56.0 Å². The van der Waals surface area contributed by atoms with E-state index in [0.29, 0.717) is 6.42 Å². The van der Waals surface area contributed by atoms with E-state index >= 15 is 0 Å². The van der Waals surface area contributed by atoms with Crippen molar-refractivity contribution in [2.75, 3.05) is 5.32 Å². The van der Waals surface area contributed by atoms with Crippen LogP contribution < -0.4 is 5.32 Å². The van der Waals surface area contributed by atoms with Crippen LogP contribution in [0.4, 0.5) is 10.2 Å². The number of anilines is 1. The number of rotatable bonds is 3. The number of pyridine rings is 2. The summed E-state index contributed by atoms with van der Waals surface area (Å²) in [7, 11) is 0. The van der Waals surface area contributed by atoms with Gasteiger partial charge in [-0.1, -0.05) is 6.07 Å². The molecule has 0 saturated heterocycles. The van der Waals surface area contributed by atoms with Crippen LogP contribution in [0.3, 0.4) is 0 Å². The van der Waals surface area contributed by atoms with Gasteiger partial charge < -0.3 is 5.32 Å². The molecule has 1 fully saturated rings. The summed E-state index contributed by atoms with van der Waals surface area (Å²) in [6.07, 6.45) is 5.49. The van der Waals surface area contributed by atoms with E-state index in [2.05, 4.69) is 15.3 Å². The molecule has 0 unspecified atom stereocenters. The SMILES string of the molecule is Cc1ccn2c(-c3cccc(N[C@H]4CCC[C@@H]4F)n3)cnc2c1. The molecule has 4 nitrogen and oxygen atoms in total. The van der Waals surface area contributed by atoms with Crippen LogP contribution in [-0.4, -0.2) is 26.6 Å². The topological polar surface area (TPSA) is 42.2 Å². The van der Waals surface area contributed by atoms with Gasteiger partial charge in [0.15, 0.2) is 0 Å². The Morgan fingerprint density at radius 2 is 2.17 bits per heavy atom. The lowest BCUT2D eigenvalue weighted by molar-refractivity contribution is 0.323. The van der Waals surface area contributed by atoms with Crippen molar-refractivity contribution in [1.82, 2.24) is 14.4 Å². The molecule has 3 heterocycles. The van der Waals surface area contributed by atoms with Crippen LogP contribution in [-0.2, 0) is 0 Å². The van der Waals surface area contributed by atoms with Crippen LogP contribution >= 0.6 is 0 Å². The first-order chi connectivity index (χ1) is 11.2. The summed E-state index contributed by atoms with van der Waals surface area (Å²) in [4.78, 5) is 9.09. The van der Waals surface area contributed by atoms with Crippen LogP contribution in [0.2, 0.25) is 0 Å². The molecule has 0 amide bonds. The monoisotopic (exact) mass is 310 g/mol. The minimum absolute atomic E-state index is 0.123. The number of nitrogens with one attached hydrogen (secondary N) is 1. The van der Waals surface area contributed by atoms with E-state index < -0.39 is 6.17 Å². The second-order valence-corrected chi connectivity index (χ2v) is 6.18.